The molecule has 16 heteroatoms. The maximum absolute atomic E-state index is 13.3. The SMILES string of the molecule is COc1c(OC(C)=O)cc2c(=O)oc3c(O)c(O[C@@H]4O[C@@H](C)[C@H](OC(C)=O)[C@@H](OC(C)=O)[C@H]4OC(C)=O)cc4c(=O)oc1c2c34. The van der Waals surface area contributed by atoms with Crippen LogP contribution in [0.1, 0.15) is 34.6 Å². The number of esters is 4. The number of aromatic hydroxyl groups is 1. The van der Waals surface area contributed by atoms with Gasteiger partial charge in [0.1, 0.15) is 0 Å². The van der Waals surface area contributed by atoms with Crippen molar-refractivity contribution in [3.05, 3.63) is 33.0 Å². The Kier molecular flexibility index (Phi) is 8.01. The highest BCUT2D eigenvalue weighted by Gasteiger charge is 2.52. The molecule has 0 amide bonds. The van der Waals surface area contributed by atoms with Crippen LogP contribution in [0.15, 0.2) is 30.6 Å². The molecule has 1 aliphatic heterocycles. The number of methoxy groups -OCH3 is 1. The average Bonchev–Trinajstić information content (AvgIpc) is 2.93. The Bertz CT molecular complexity index is 1970. The number of phenols is 1. The van der Waals surface area contributed by atoms with Gasteiger partial charge in [-0.2, -0.15) is 0 Å². The third-order valence-electron chi connectivity index (χ3n) is 6.84. The van der Waals surface area contributed by atoms with Gasteiger partial charge < -0.3 is 47.1 Å². The van der Waals surface area contributed by atoms with Crippen molar-refractivity contribution in [2.75, 3.05) is 7.11 Å². The van der Waals surface area contributed by atoms with E-state index in [-0.39, 0.29) is 38.6 Å². The van der Waals surface area contributed by atoms with E-state index >= 15 is 0 Å². The first kappa shape index (κ1) is 31.1. The number of ether oxygens (including phenoxy) is 7. The molecule has 0 saturated carbocycles. The fraction of sp³-hybridized carbons (Fsp3) is 0.379. The van der Waals surface area contributed by atoms with Gasteiger partial charge in [0.05, 0.1) is 24.0 Å². The van der Waals surface area contributed by atoms with Crippen LogP contribution in [0.4, 0.5) is 0 Å². The first-order valence-corrected chi connectivity index (χ1v) is 13.3. The van der Waals surface area contributed by atoms with Crippen LogP contribution in [0.25, 0.3) is 32.7 Å². The molecule has 5 rings (SSSR count). The van der Waals surface area contributed by atoms with Gasteiger partial charge in [0.15, 0.2) is 34.9 Å². The Morgan fingerprint density at radius 3 is 1.80 bits per heavy atom. The van der Waals surface area contributed by atoms with E-state index in [0.29, 0.717) is 0 Å². The van der Waals surface area contributed by atoms with Crippen LogP contribution in [0.2, 0.25) is 0 Å². The van der Waals surface area contributed by atoms with Crippen molar-refractivity contribution in [2.24, 2.45) is 0 Å². The first-order chi connectivity index (χ1) is 21.2. The van der Waals surface area contributed by atoms with Crippen molar-refractivity contribution < 1.29 is 66.3 Å². The number of carbonyl (C=O) groups is 4. The zero-order valence-electron chi connectivity index (χ0n) is 24.6. The summed E-state index contributed by atoms with van der Waals surface area (Å²) in [6.07, 6.45) is -6.83. The number of rotatable bonds is 7. The molecule has 0 radical (unpaired) electrons. The van der Waals surface area contributed by atoms with E-state index in [2.05, 4.69) is 0 Å². The summed E-state index contributed by atoms with van der Waals surface area (Å²) in [4.78, 5) is 73.9. The minimum absolute atomic E-state index is 0.0184. The van der Waals surface area contributed by atoms with Gasteiger partial charge in [-0.15, -0.1) is 0 Å². The van der Waals surface area contributed by atoms with Crippen molar-refractivity contribution in [2.45, 2.75) is 65.3 Å². The number of phenolic OH excluding ortho intramolecular Hbond substituents is 1. The summed E-state index contributed by atoms with van der Waals surface area (Å²) >= 11 is 0. The highest BCUT2D eigenvalue weighted by Crippen LogP contribution is 2.46. The monoisotopic (exact) mass is 630 g/mol. The second-order valence-electron chi connectivity index (χ2n) is 10.1. The fourth-order valence-electron chi connectivity index (χ4n) is 5.25. The Labute approximate surface area is 251 Å². The van der Waals surface area contributed by atoms with E-state index < -0.39 is 82.9 Å². The molecule has 0 unspecified atom stereocenters. The first-order valence-electron chi connectivity index (χ1n) is 13.3. The molecule has 238 valence electrons. The predicted molar refractivity (Wildman–Crippen MR) is 148 cm³/mol. The normalized spacial score (nSPS) is 21.4. The lowest BCUT2D eigenvalue weighted by Crippen LogP contribution is -2.62. The molecule has 0 aliphatic carbocycles. The van der Waals surface area contributed by atoms with E-state index in [1.807, 2.05) is 0 Å². The van der Waals surface area contributed by atoms with Crippen molar-refractivity contribution in [1.82, 2.24) is 0 Å². The maximum atomic E-state index is 13.3. The van der Waals surface area contributed by atoms with E-state index in [1.54, 1.807) is 0 Å². The third-order valence-corrected chi connectivity index (χ3v) is 6.84. The number of hydrogen-bond acceptors (Lipinski definition) is 16. The van der Waals surface area contributed by atoms with E-state index in [1.165, 1.54) is 20.1 Å². The minimum Gasteiger partial charge on any atom is -0.502 e. The zero-order chi connectivity index (χ0) is 32.9. The molecule has 1 fully saturated rings. The summed E-state index contributed by atoms with van der Waals surface area (Å²) < 4.78 is 49.1. The molecular weight excluding hydrogens is 604 g/mol. The summed E-state index contributed by atoms with van der Waals surface area (Å²) in [5, 5.41) is 10.9. The summed E-state index contributed by atoms with van der Waals surface area (Å²) in [6, 6.07) is 2.25. The largest absolute Gasteiger partial charge is 0.502 e. The fourth-order valence-corrected chi connectivity index (χ4v) is 5.25. The van der Waals surface area contributed by atoms with Crippen molar-refractivity contribution in [3.63, 3.8) is 0 Å². The lowest BCUT2D eigenvalue weighted by molar-refractivity contribution is -0.280. The molecule has 2 aromatic heterocycles. The molecule has 4 aromatic rings. The van der Waals surface area contributed by atoms with Crippen molar-refractivity contribution in [1.29, 1.82) is 0 Å². The van der Waals surface area contributed by atoms with Gasteiger partial charge in [-0.3, -0.25) is 19.2 Å². The number of carbonyl (C=O) groups excluding carboxylic acids is 4. The van der Waals surface area contributed by atoms with Crippen LogP contribution in [0.5, 0.6) is 23.0 Å². The van der Waals surface area contributed by atoms with Gasteiger partial charge in [0, 0.05) is 44.5 Å². The highest BCUT2D eigenvalue weighted by atomic mass is 16.7. The minimum atomic E-state index is -1.62. The molecule has 1 aliphatic rings. The lowest BCUT2D eigenvalue weighted by Gasteiger charge is -2.43. The van der Waals surface area contributed by atoms with Gasteiger partial charge in [0.25, 0.3) is 0 Å². The molecule has 0 spiro atoms. The molecule has 16 nitrogen and oxygen atoms in total. The van der Waals surface area contributed by atoms with Gasteiger partial charge in [-0.25, -0.2) is 9.59 Å². The zero-order valence-corrected chi connectivity index (χ0v) is 24.6. The number of hydrogen-bond donors (Lipinski definition) is 1. The Hall–Kier alpha value is -5.38. The van der Waals surface area contributed by atoms with Crippen LogP contribution in [0, 0.1) is 0 Å². The molecule has 45 heavy (non-hydrogen) atoms. The second kappa shape index (κ2) is 11.6. The molecule has 0 bridgehead atoms. The van der Waals surface area contributed by atoms with Crippen LogP contribution in [-0.4, -0.2) is 66.8 Å². The molecule has 1 saturated heterocycles. The lowest BCUT2D eigenvalue weighted by atomic mass is 9.98. The van der Waals surface area contributed by atoms with Crippen molar-refractivity contribution in [3.8, 4) is 23.0 Å². The predicted octanol–water partition coefficient (Wildman–Crippen LogP) is 2.05. The van der Waals surface area contributed by atoms with Crippen LogP contribution in [-0.2, 0) is 38.1 Å². The maximum Gasteiger partial charge on any atom is 0.344 e. The molecular formula is C29H26O16. The summed E-state index contributed by atoms with van der Waals surface area (Å²) in [5.41, 5.74) is -2.74. The Balaban J connectivity index is 1.69. The van der Waals surface area contributed by atoms with E-state index in [9.17, 15) is 33.9 Å². The van der Waals surface area contributed by atoms with Gasteiger partial charge >= 0.3 is 35.1 Å². The molecule has 2 aromatic carbocycles. The summed E-state index contributed by atoms with van der Waals surface area (Å²) in [6.45, 7) is 5.86. The van der Waals surface area contributed by atoms with Crippen LogP contribution in [0.3, 0.4) is 0 Å². The Morgan fingerprint density at radius 1 is 0.733 bits per heavy atom. The smallest absolute Gasteiger partial charge is 0.344 e. The van der Waals surface area contributed by atoms with Crippen molar-refractivity contribution >= 4 is 56.6 Å². The van der Waals surface area contributed by atoms with Gasteiger partial charge in [-0.1, -0.05) is 0 Å². The number of benzene rings is 2. The van der Waals surface area contributed by atoms with Gasteiger partial charge in [0.2, 0.25) is 23.9 Å². The standard InChI is InChI=1S/C29H26O16/c1-9-21(40-11(3)31)25(41-12(4)32)26(42-13(5)33)29(38-9)43-16-7-14-18-19-15(27(35)44-23(18)20(16)34)8-17(39-10(2)30)22(37-6)24(19)45-28(14)36/h7-9,21,25-26,29,34H,1-6H3/t9-,21-,25+,26+,29-/m0/s1. The topological polar surface area (TPSA) is 214 Å². The van der Waals surface area contributed by atoms with E-state index in [4.69, 9.17) is 42.0 Å². The summed E-state index contributed by atoms with van der Waals surface area (Å²) in [7, 11) is 1.23. The van der Waals surface area contributed by atoms with Crippen LogP contribution < -0.4 is 25.5 Å². The Morgan fingerprint density at radius 2 is 1.24 bits per heavy atom. The molecule has 5 atom stereocenters. The summed E-state index contributed by atoms with van der Waals surface area (Å²) in [5.74, 6) is -4.76. The average molecular weight is 631 g/mol. The quantitative estimate of drug-likeness (QED) is 0.102. The molecule has 1 N–H and O–H groups in total. The van der Waals surface area contributed by atoms with Gasteiger partial charge in [-0.05, 0) is 13.0 Å². The van der Waals surface area contributed by atoms with Crippen LogP contribution >= 0.6 is 0 Å². The third kappa shape index (κ3) is 5.55. The van der Waals surface area contributed by atoms with E-state index in [0.717, 1.165) is 33.8 Å². The highest BCUT2D eigenvalue weighted by molar-refractivity contribution is 6.22. The second-order valence-corrected chi connectivity index (χ2v) is 10.1. The molecule has 3 heterocycles.